The first-order valence-electron chi connectivity index (χ1n) is 16.4. The maximum atomic E-state index is 15.3. The zero-order valence-corrected chi connectivity index (χ0v) is 29.9. The Morgan fingerprint density at radius 2 is 1.45 bits per heavy atom. The van der Waals surface area contributed by atoms with Crippen LogP contribution in [0.3, 0.4) is 0 Å². The van der Waals surface area contributed by atoms with Crippen LogP contribution in [0.5, 0.6) is 11.5 Å². The van der Waals surface area contributed by atoms with Crippen LogP contribution in [0.25, 0.3) is 0 Å². The van der Waals surface area contributed by atoms with E-state index in [1.165, 1.54) is 0 Å². The molecule has 7 nitrogen and oxygen atoms in total. The lowest BCUT2D eigenvalue weighted by molar-refractivity contribution is -0.177. The second-order valence-corrected chi connectivity index (χ2v) is 14.7. The number of ketones is 1. The lowest BCUT2D eigenvalue weighted by Gasteiger charge is -2.49. The van der Waals surface area contributed by atoms with Crippen molar-refractivity contribution in [1.82, 2.24) is 4.90 Å². The molecule has 4 aromatic carbocycles. The lowest BCUT2D eigenvalue weighted by Crippen LogP contribution is -2.51. The van der Waals surface area contributed by atoms with Crippen molar-refractivity contribution in [3.8, 4) is 11.5 Å². The first-order valence-corrected chi connectivity index (χ1v) is 18.0. The van der Waals surface area contributed by atoms with Gasteiger partial charge in [-0.1, -0.05) is 76.6 Å². The monoisotopic (exact) mass is 735 g/mol. The van der Waals surface area contributed by atoms with Crippen LogP contribution in [0.4, 0.5) is 0 Å². The third-order valence-electron chi connectivity index (χ3n) is 10.1. The van der Waals surface area contributed by atoms with Crippen LogP contribution in [0.2, 0.25) is 0 Å². The molecule has 8 rings (SSSR count). The molecule has 0 aromatic heterocycles. The second kappa shape index (κ2) is 11.6. The maximum absolute atomic E-state index is 15.3. The van der Waals surface area contributed by atoms with Gasteiger partial charge < -0.3 is 23.8 Å². The lowest BCUT2D eigenvalue weighted by atomic mass is 9.64. The number of fused-ring (bicyclic) bond motifs is 4. The van der Waals surface area contributed by atoms with Crippen molar-refractivity contribution in [3.05, 3.63) is 151 Å². The van der Waals surface area contributed by atoms with Gasteiger partial charge >= 0.3 is 5.97 Å². The first kappa shape index (κ1) is 31.9. The summed E-state index contributed by atoms with van der Waals surface area (Å²) in [6.07, 6.45) is 0. The van der Waals surface area contributed by atoms with Crippen LogP contribution < -0.4 is 9.47 Å². The molecule has 49 heavy (non-hydrogen) atoms. The number of carbonyl (C=O) groups is 2. The highest BCUT2D eigenvalue weighted by Gasteiger charge is 2.78. The van der Waals surface area contributed by atoms with Crippen molar-refractivity contribution in [1.29, 1.82) is 0 Å². The van der Waals surface area contributed by atoms with E-state index in [1.54, 1.807) is 30.8 Å². The number of likely N-dealkylation sites (N-methyl/N-ethyl adjacent to an activating group) is 1. The minimum atomic E-state index is -1.92. The number of thioether (sulfide) groups is 1. The third kappa shape index (κ3) is 4.19. The fourth-order valence-corrected chi connectivity index (χ4v) is 9.87. The molecule has 0 amide bonds. The van der Waals surface area contributed by atoms with E-state index in [0.717, 1.165) is 31.8 Å². The van der Waals surface area contributed by atoms with Gasteiger partial charge in [-0.2, -0.15) is 0 Å². The van der Waals surface area contributed by atoms with Crippen LogP contribution in [-0.4, -0.2) is 36.6 Å². The summed E-state index contributed by atoms with van der Waals surface area (Å²) in [5, 5.41) is 0. The summed E-state index contributed by atoms with van der Waals surface area (Å²) in [4.78, 5) is 33.4. The molecule has 4 aliphatic rings. The minimum absolute atomic E-state index is 0.0432. The van der Waals surface area contributed by atoms with E-state index in [9.17, 15) is 4.79 Å². The molecule has 248 valence electrons. The normalized spacial score (nSPS) is 22.9. The Kier molecular flexibility index (Phi) is 7.59. The van der Waals surface area contributed by atoms with Crippen molar-refractivity contribution in [3.63, 3.8) is 0 Å². The van der Waals surface area contributed by atoms with Crippen LogP contribution in [0.15, 0.2) is 123 Å². The molecule has 2 bridgehead atoms. The molecule has 0 saturated heterocycles. The summed E-state index contributed by atoms with van der Waals surface area (Å²) in [5.41, 5.74) is 2.07. The Hall–Kier alpha value is -4.31. The zero-order chi connectivity index (χ0) is 34.1. The number of esters is 1. The van der Waals surface area contributed by atoms with Crippen molar-refractivity contribution >= 4 is 39.4 Å². The van der Waals surface area contributed by atoms with Gasteiger partial charge in [0.1, 0.15) is 4.75 Å². The number of Topliss-reactive ketones (excluding diaryl/α,β-unsaturated/α-hetero) is 1. The Morgan fingerprint density at radius 3 is 2.02 bits per heavy atom. The Morgan fingerprint density at radius 1 is 0.857 bits per heavy atom. The summed E-state index contributed by atoms with van der Waals surface area (Å²) in [6, 6.07) is 31.4. The molecule has 0 saturated carbocycles. The average Bonchev–Trinajstić information content (AvgIpc) is 3.79. The van der Waals surface area contributed by atoms with Gasteiger partial charge in [0.25, 0.3) is 0 Å². The van der Waals surface area contributed by atoms with Gasteiger partial charge in [0.2, 0.25) is 12.4 Å². The largest absolute Gasteiger partial charge is 0.463 e. The number of halogens is 1. The van der Waals surface area contributed by atoms with Gasteiger partial charge in [0, 0.05) is 38.3 Å². The summed E-state index contributed by atoms with van der Waals surface area (Å²) < 4.78 is 25.3. The molecule has 0 fully saturated rings. The highest BCUT2D eigenvalue weighted by molar-refractivity contribution is 9.10. The molecule has 0 radical (unpaired) electrons. The van der Waals surface area contributed by atoms with Gasteiger partial charge in [0.05, 0.1) is 17.9 Å². The van der Waals surface area contributed by atoms with E-state index in [0.29, 0.717) is 34.9 Å². The van der Waals surface area contributed by atoms with Crippen molar-refractivity contribution in [2.45, 2.75) is 43.6 Å². The number of rotatable bonds is 7. The van der Waals surface area contributed by atoms with E-state index in [1.807, 2.05) is 60.7 Å². The number of ether oxygens (including phenoxy) is 4. The SMILES string of the molecule is CCOC(=O)[C@@]12O[C@@]3(C(=C1C(=O)c1ccc(Br)cc1)N(CC)C(C)=C(C)SC3(c1ccccc1)c1ccccc1)c1cc3c(cc12)OCO3. The van der Waals surface area contributed by atoms with Gasteiger partial charge in [-0.15, -0.1) is 11.8 Å². The van der Waals surface area contributed by atoms with E-state index in [2.05, 4.69) is 65.9 Å². The molecule has 0 aliphatic carbocycles. The number of hydrogen-bond donors (Lipinski definition) is 0. The molecular formula is C40H34BrNO6S. The zero-order valence-electron chi connectivity index (χ0n) is 27.5. The predicted octanol–water partition coefficient (Wildman–Crippen LogP) is 8.58. The summed E-state index contributed by atoms with van der Waals surface area (Å²) in [5.74, 6) is 0.0715. The molecule has 0 unspecified atom stereocenters. The molecule has 2 atom stereocenters. The average molecular weight is 737 g/mol. The van der Waals surface area contributed by atoms with Gasteiger partial charge in [-0.3, -0.25) is 4.79 Å². The summed E-state index contributed by atoms with van der Waals surface area (Å²) in [7, 11) is 0. The highest BCUT2D eigenvalue weighted by atomic mass is 79.9. The summed E-state index contributed by atoms with van der Waals surface area (Å²) in [6.45, 7) is 8.67. The predicted molar refractivity (Wildman–Crippen MR) is 191 cm³/mol. The van der Waals surface area contributed by atoms with E-state index in [4.69, 9.17) is 18.9 Å². The van der Waals surface area contributed by atoms with Crippen LogP contribution >= 0.6 is 27.7 Å². The topological polar surface area (TPSA) is 74.3 Å². The van der Waals surface area contributed by atoms with Crippen molar-refractivity contribution < 1.29 is 28.5 Å². The number of carbonyl (C=O) groups excluding carboxylic acids is 2. The number of nitrogens with zero attached hydrogens (tertiary/aromatic N) is 1. The van der Waals surface area contributed by atoms with E-state index >= 15 is 4.79 Å². The number of hydrogen-bond acceptors (Lipinski definition) is 8. The Labute approximate surface area is 298 Å². The molecule has 4 heterocycles. The molecule has 9 heteroatoms. The molecular weight excluding hydrogens is 702 g/mol. The first-order chi connectivity index (χ1) is 23.7. The quantitative estimate of drug-likeness (QED) is 0.138. The standard InChI is InChI=1S/C40H34BrNO6S/c1-5-42-24(3)25(4)49-40(27-13-9-7-10-14-27,28-15-11-8-12-16-28)39-31-22-33-32(46-23-47-33)21-30(31)38(48-39,37(44)45-6-2)34(36(39)42)35(43)26-17-19-29(41)20-18-26/h7-22H,5-6,23H2,1-4H3/t38-,39+/m0/s1. The highest BCUT2D eigenvalue weighted by Crippen LogP contribution is 2.75. The molecule has 1 spiro atoms. The Balaban J connectivity index is 1.62. The fourth-order valence-electron chi connectivity index (χ4n) is 7.99. The van der Waals surface area contributed by atoms with Gasteiger partial charge in [-0.05, 0) is 75.2 Å². The molecule has 0 N–H and O–H groups in total. The Bertz CT molecular complexity index is 2040. The van der Waals surface area contributed by atoms with Gasteiger partial charge in [0.15, 0.2) is 22.9 Å². The number of allylic oxidation sites excluding steroid dienone is 2. The van der Waals surface area contributed by atoms with Crippen molar-refractivity contribution in [2.24, 2.45) is 0 Å². The number of benzene rings is 4. The molecule has 4 aliphatic heterocycles. The van der Waals surface area contributed by atoms with Crippen molar-refractivity contribution in [2.75, 3.05) is 19.9 Å². The molecule has 4 aromatic rings. The minimum Gasteiger partial charge on any atom is -0.463 e. The van der Waals surface area contributed by atoms with Crippen LogP contribution in [0.1, 0.15) is 60.3 Å². The smallest absolute Gasteiger partial charge is 0.348 e. The van der Waals surface area contributed by atoms with E-state index in [-0.39, 0.29) is 24.8 Å². The third-order valence-corrected chi connectivity index (χ3v) is 12.3. The maximum Gasteiger partial charge on any atom is 0.348 e. The van der Waals surface area contributed by atoms with Gasteiger partial charge in [-0.25, -0.2) is 4.79 Å². The van der Waals surface area contributed by atoms with Crippen LogP contribution in [-0.2, 0) is 30.2 Å². The fraction of sp³-hybridized carbons (Fsp3) is 0.250. The van der Waals surface area contributed by atoms with E-state index < -0.39 is 21.9 Å². The second-order valence-electron chi connectivity index (χ2n) is 12.4. The van der Waals surface area contributed by atoms with Crippen LogP contribution in [0, 0.1) is 0 Å². The summed E-state index contributed by atoms with van der Waals surface area (Å²) >= 11 is 5.20.